The molecule has 1 aromatic carbocycles. The lowest BCUT2D eigenvalue weighted by molar-refractivity contribution is -0.384. The van der Waals surface area contributed by atoms with Crippen molar-refractivity contribution in [1.29, 1.82) is 0 Å². The molecule has 0 bridgehead atoms. The molecule has 0 aromatic heterocycles. The summed E-state index contributed by atoms with van der Waals surface area (Å²) in [5.41, 5.74) is 2.43. The molecule has 2 unspecified atom stereocenters. The molecule has 0 spiro atoms. The standard InChI is InChI=1S/C13H18N4O4/c1-8-11(5-6-21-8)16(2)13(18)9-3-4-10(15-14)12(7-9)17(19)20/h3-4,7-8,11,15H,5-6,14H2,1-2H3. The van der Waals surface area contributed by atoms with Gasteiger partial charge in [-0.3, -0.25) is 20.8 Å². The van der Waals surface area contributed by atoms with Crippen LogP contribution < -0.4 is 11.3 Å². The van der Waals surface area contributed by atoms with Crippen LogP contribution in [0.5, 0.6) is 0 Å². The Hall–Kier alpha value is -2.19. The van der Waals surface area contributed by atoms with Crippen LogP contribution in [0.25, 0.3) is 0 Å². The lowest BCUT2D eigenvalue weighted by Crippen LogP contribution is -2.41. The zero-order chi connectivity index (χ0) is 15.6. The first kappa shape index (κ1) is 15.2. The van der Waals surface area contributed by atoms with Crippen molar-refractivity contribution >= 4 is 17.3 Å². The molecular formula is C13H18N4O4. The van der Waals surface area contributed by atoms with Crippen molar-refractivity contribution in [1.82, 2.24) is 4.90 Å². The van der Waals surface area contributed by atoms with Gasteiger partial charge in [0.1, 0.15) is 5.69 Å². The summed E-state index contributed by atoms with van der Waals surface area (Å²) in [4.78, 5) is 24.4. The van der Waals surface area contributed by atoms with Gasteiger partial charge < -0.3 is 15.1 Å². The number of rotatable bonds is 4. The number of carbonyl (C=O) groups excluding carboxylic acids is 1. The lowest BCUT2D eigenvalue weighted by Gasteiger charge is -2.26. The van der Waals surface area contributed by atoms with Crippen LogP contribution in [0.2, 0.25) is 0 Å². The van der Waals surface area contributed by atoms with E-state index in [9.17, 15) is 14.9 Å². The Labute approximate surface area is 122 Å². The van der Waals surface area contributed by atoms with E-state index in [2.05, 4.69) is 5.43 Å². The fourth-order valence-electron chi connectivity index (χ4n) is 2.52. The van der Waals surface area contributed by atoms with Gasteiger partial charge in [0.15, 0.2) is 0 Å². The normalized spacial score (nSPS) is 21.1. The number of nitro groups is 1. The van der Waals surface area contributed by atoms with E-state index >= 15 is 0 Å². The number of likely N-dealkylation sites (N-methyl/N-ethyl adjacent to an activating group) is 1. The highest BCUT2D eigenvalue weighted by molar-refractivity contribution is 5.95. The quantitative estimate of drug-likeness (QED) is 0.489. The highest BCUT2D eigenvalue weighted by Gasteiger charge is 2.31. The van der Waals surface area contributed by atoms with Gasteiger partial charge in [-0.15, -0.1) is 0 Å². The number of hydrazine groups is 1. The van der Waals surface area contributed by atoms with Crippen molar-refractivity contribution in [2.24, 2.45) is 5.84 Å². The van der Waals surface area contributed by atoms with E-state index in [0.29, 0.717) is 6.61 Å². The van der Waals surface area contributed by atoms with E-state index in [0.717, 1.165) is 6.42 Å². The van der Waals surface area contributed by atoms with Gasteiger partial charge >= 0.3 is 0 Å². The average molecular weight is 294 g/mol. The molecule has 8 heteroatoms. The maximum Gasteiger partial charge on any atom is 0.294 e. The number of amides is 1. The number of ether oxygens (including phenoxy) is 1. The fourth-order valence-corrected chi connectivity index (χ4v) is 2.52. The summed E-state index contributed by atoms with van der Waals surface area (Å²) in [6, 6.07) is 4.15. The number of hydrogen-bond donors (Lipinski definition) is 2. The molecule has 1 aliphatic heterocycles. The number of carbonyl (C=O) groups is 1. The van der Waals surface area contributed by atoms with Crippen LogP contribution in [-0.2, 0) is 4.74 Å². The summed E-state index contributed by atoms with van der Waals surface area (Å²) in [7, 11) is 1.68. The Morgan fingerprint density at radius 1 is 1.57 bits per heavy atom. The summed E-state index contributed by atoms with van der Waals surface area (Å²) in [5, 5.41) is 11.0. The molecule has 21 heavy (non-hydrogen) atoms. The predicted molar refractivity (Wildman–Crippen MR) is 76.8 cm³/mol. The minimum absolute atomic E-state index is 0.0242. The van der Waals surface area contributed by atoms with Crippen LogP contribution in [-0.4, -0.2) is 41.5 Å². The second kappa shape index (κ2) is 6.06. The molecule has 8 nitrogen and oxygen atoms in total. The number of nitrogens with zero attached hydrogens (tertiary/aromatic N) is 2. The Morgan fingerprint density at radius 2 is 2.29 bits per heavy atom. The Kier molecular flexibility index (Phi) is 4.39. The lowest BCUT2D eigenvalue weighted by atomic mass is 10.1. The van der Waals surface area contributed by atoms with E-state index < -0.39 is 4.92 Å². The van der Waals surface area contributed by atoms with Crippen LogP contribution >= 0.6 is 0 Å². The first-order valence-electron chi connectivity index (χ1n) is 6.59. The smallest absolute Gasteiger partial charge is 0.294 e. The molecule has 0 aliphatic carbocycles. The topological polar surface area (TPSA) is 111 Å². The van der Waals surface area contributed by atoms with Gasteiger partial charge in [-0.25, -0.2) is 0 Å². The molecule has 2 rings (SSSR count). The van der Waals surface area contributed by atoms with Gasteiger partial charge in [-0.1, -0.05) is 0 Å². The van der Waals surface area contributed by atoms with Crippen LogP contribution in [0.3, 0.4) is 0 Å². The third kappa shape index (κ3) is 2.96. The number of nitro benzene ring substituents is 1. The van der Waals surface area contributed by atoms with E-state index in [-0.39, 0.29) is 35.0 Å². The van der Waals surface area contributed by atoms with Crippen molar-refractivity contribution in [3.63, 3.8) is 0 Å². The van der Waals surface area contributed by atoms with Crippen LogP contribution in [0.1, 0.15) is 23.7 Å². The zero-order valence-corrected chi connectivity index (χ0v) is 11.9. The van der Waals surface area contributed by atoms with Crippen molar-refractivity contribution in [2.75, 3.05) is 19.1 Å². The summed E-state index contributed by atoms with van der Waals surface area (Å²) in [5.74, 6) is 4.95. The molecule has 0 saturated carbocycles. The maximum atomic E-state index is 12.4. The van der Waals surface area contributed by atoms with E-state index in [4.69, 9.17) is 10.6 Å². The second-order valence-electron chi connectivity index (χ2n) is 4.98. The van der Waals surface area contributed by atoms with Crippen molar-refractivity contribution in [3.05, 3.63) is 33.9 Å². The largest absolute Gasteiger partial charge is 0.376 e. The minimum atomic E-state index is -0.576. The zero-order valence-electron chi connectivity index (χ0n) is 11.9. The van der Waals surface area contributed by atoms with Gasteiger partial charge in [0.05, 0.1) is 17.1 Å². The van der Waals surface area contributed by atoms with Crippen LogP contribution in [0.4, 0.5) is 11.4 Å². The number of anilines is 1. The molecule has 1 fully saturated rings. The molecule has 0 radical (unpaired) electrons. The molecule has 1 heterocycles. The number of benzene rings is 1. The third-order valence-corrected chi connectivity index (χ3v) is 3.75. The number of nitrogen functional groups attached to an aromatic ring is 1. The summed E-state index contributed by atoms with van der Waals surface area (Å²) < 4.78 is 5.44. The fraction of sp³-hybridized carbons (Fsp3) is 0.462. The highest BCUT2D eigenvalue weighted by atomic mass is 16.6. The Balaban J connectivity index is 2.26. The van der Waals surface area contributed by atoms with Gasteiger partial charge in [-0.2, -0.15) is 0 Å². The highest BCUT2D eigenvalue weighted by Crippen LogP contribution is 2.26. The van der Waals surface area contributed by atoms with Crippen molar-refractivity contribution in [2.45, 2.75) is 25.5 Å². The first-order chi connectivity index (χ1) is 9.95. The number of nitrogens with one attached hydrogen (secondary N) is 1. The molecule has 3 N–H and O–H groups in total. The van der Waals surface area contributed by atoms with Crippen molar-refractivity contribution < 1.29 is 14.5 Å². The first-order valence-corrected chi connectivity index (χ1v) is 6.59. The summed E-state index contributed by atoms with van der Waals surface area (Å²) in [6.45, 7) is 2.52. The molecular weight excluding hydrogens is 276 g/mol. The minimum Gasteiger partial charge on any atom is -0.376 e. The van der Waals surface area contributed by atoms with E-state index in [1.165, 1.54) is 18.2 Å². The molecule has 2 atom stereocenters. The predicted octanol–water partition coefficient (Wildman–Crippen LogP) is 1.13. The summed E-state index contributed by atoms with van der Waals surface area (Å²) >= 11 is 0. The van der Waals surface area contributed by atoms with Crippen molar-refractivity contribution in [3.8, 4) is 0 Å². The van der Waals surface area contributed by atoms with Crippen LogP contribution in [0, 0.1) is 10.1 Å². The maximum absolute atomic E-state index is 12.4. The Bertz CT molecular complexity index is 563. The van der Waals surface area contributed by atoms with Gasteiger partial charge in [0.25, 0.3) is 11.6 Å². The number of hydrogen-bond acceptors (Lipinski definition) is 6. The number of nitrogens with two attached hydrogens (primary N) is 1. The Morgan fingerprint density at radius 3 is 2.81 bits per heavy atom. The molecule has 1 aliphatic rings. The second-order valence-corrected chi connectivity index (χ2v) is 4.98. The molecule has 114 valence electrons. The van der Waals surface area contributed by atoms with Crippen LogP contribution in [0.15, 0.2) is 18.2 Å². The van der Waals surface area contributed by atoms with Gasteiger partial charge in [-0.05, 0) is 25.5 Å². The van der Waals surface area contributed by atoms with E-state index in [1.54, 1.807) is 11.9 Å². The monoisotopic (exact) mass is 294 g/mol. The third-order valence-electron chi connectivity index (χ3n) is 3.75. The van der Waals surface area contributed by atoms with E-state index in [1.807, 2.05) is 6.92 Å². The molecule has 1 amide bonds. The van der Waals surface area contributed by atoms with Gasteiger partial charge in [0, 0.05) is 25.3 Å². The molecule has 1 aromatic rings. The SMILES string of the molecule is CC1OCCC1N(C)C(=O)c1ccc(NN)c([N+](=O)[O-])c1. The molecule has 1 saturated heterocycles. The average Bonchev–Trinajstić information content (AvgIpc) is 2.91. The van der Waals surface area contributed by atoms with Gasteiger partial charge in [0.2, 0.25) is 0 Å². The summed E-state index contributed by atoms with van der Waals surface area (Å²) in [6.07, 6.45) is 0.715.